The van der Waals surface area contributed by atoms with E-state index < -0.39 is 22.9 Å². The van der Waals surface area contributed by atoms with Crippen molar-refractivity contribution in [1.82, 2.24) is 0 Å². The molecule has 0 aromatic heterocycles. The van der Waals surface area contributed by atoms with Crippen molar-refractivity contribution in [3.63, 3.8) is 0 Å². The zero-order chi connectivity index (χ0) is 24.1. The highest BCUT2D eigenvalue weighted by atomic mass is 16.8. The van der Waals surface area contributed by atoms with Crippen molar-refractivity contribution in [2.24, 2.45) is 5.41 Å². The lowest BCUT2D eigenvalue weighted by Crippen LogP contribution is -2.59. The monoisotopic (exact) mass is 460 g/mol. The van der Waals surface area contributed by atoms with Crippen molar-refractivity contribution in [1.29, 1.82) is 0 Å². The van der Waals surface area contributed by atoms with Gasteiger partial charge in [0.25, 0.3) is 0 Å². The molecule has 2 aromatic rings. The van der Waals surface area contributed by atoms with Gasteiger partial charge >= 0.3 is 0 Å². The van der Waals surface area contributed by atoms with Gasteiger partial charge in [0, 0.05) is 0 Å². The summed E-state index contributed by atoms with van der Waals surface area (Å²) in [6.45, 7) is 5.75. The smallest absolute Gasteiger partial charge is 0.180 e. The van der Waals surface area contributed by atoms with Crippen LogP contribution >= 0.6 is 0 Å². The average Bonchev–Trinajstić information content (AvgIpc) is 3.25. The van der Waals surface area contributed by atoms with Gasteiger partial charge < -0.3 is 18.9 Å². The number of Topliss-reactive ketones (excluding diaryl/α,β-unsaturated/α-hetero) is 1. The Balaban J connectivity index is 1.64. The Hall–Kier alpha value is -2.89. The van der Waals surface area contributed by atoms with E-state index in [0.717, 1.165) is 53.0 Å². The van der Waals surface area contributed by atoms with E-state index in [9.17, 15) is 4.79 Å². The molecule has 1 saturated carbocycles. The van der Waals surface area contributed by atoms with E-state index >= 15 is 0 Å². The first-order valence-electron chi connectivity index (χ1n) is 11.9. The van der Waals surface area contributed by atoms with E-state index in [0.29, 0.717) is 0 Å². The van der Waals surface area contributed by atoms with E-state index in [-0.39, 0.29) is 5.78 Å². The van der Waals surface area contributed by atoms with Crippen LogP contribution in [0, 0.1) is 5.41 Å². The predicted octanol–water partition coefficient (Wildman–Crippen LogP) is 5.83. The van der Waals surface area contributed by atoms with Crippen LogP contribution in [0.3, 0.4) is 0 Å². The minimum atomic E-state index is -0.982. The number of hydrogen-bond acceptors (Lipinski definition) is 5. The minimum Gasteiger partial charge on any atom is -0.497 e. The molecule has 0 unspecified atom stereocenters. The molecule has 0 amide bonds. The van der Waals surface area contributed by atoms with Gasteiger partial charge in [0.2, 0.25) is 0 Å². The number of carbonyl (C=O) groups is 1. The van der Waals surface area contributed by atoms with Crippen LogP contribution in [-0.2, 0) is 14.3 Å². The minimum absolute atomic E-state index is 0.101. The molecular weight excluding hydrogens is 428 g/mol. The number of hydrogen-bond donors (Lipinski definition) is 0. The maximum Gasteiger partial charge on any atom is 0.180 e. The Morgan fingerprint density at radius 3 is 1.68 bits per heavy atom. The molecule has 0 N–H and O–H groups in total. The molecule has 2 aromatic carbocycles. The summed E-state index contributed by atoms with van der Waals surface area (Å²) in [5.74, 6) is 0.739. The predicted molar refractivity (Wildman–Crippen MR) is 132 cm³/mol. The van der Waals surface area contributed by atoms with Gasteiger partial charge in [-0.25, -0.2) is 0 Å². The van der Waals surface area contributed by atoms with Crippen LogP contribution in [0.4, 0.5) is 0 Å². The first kappa shape index (κ1) is 22.9. The Morgan fingerprint density at radius 1 is 0.824 bits per heavy atom. The lowest BCUT2D eigenvalue weighted by atomic mass is 9.65. The van der Waals surface area contributed by atoms with Crippen LogP contribution in [0.2, 0.25) is 0 Å². The average molecular weight is 461 g/mol. The summed E-state index contributed by atoms with van der Waals surface area (Å²) in [4.78, 5) is 13.6. The topological polar surface area (TPSA) is 54.0 Å². The fourth-order valence-electron chi connectivity index (χ4n) is 5.43. The second-order valence-corrected chi connectivity index (χ2v) is 10.0. The first-order valence-corrected chi connectivity index (χ1v) is 11.9. The van der Waals surface area contributed by atoms with Gasteiger partial charge in [0.05, 0.1) is 19.6 Å². The number of ketones is 1. The molecular formula is C29H32O5. The third kappa shape index (κ3) is 3.33. The summed E-state index contributed by atoms with van der Waals surface area (Å²) < 4.78 is 23.9. The molecule has 0 radical (unpaired) electrons. The summed E-state index contributed by atoms with van der Waals surface area (Å²) in [6.07, 6.45) is 6.32. The number of methoxy groups -OCH3 is 2. The molecule has 5 nitrogen and oxygen atoms in total. The van der Waals surface area contributed by atoms with E-state index in [1.54, 1.807) is 14.2 Å². The Kier molecular flexibility index (Phi) is 5.45. The molecule has 5 heteroatoms. The molecule has 5 rings (SSSR count). The quantitative estimate of drug-likeness (QED) is 0.574. The fourth-order valence-corrected chi connectivity index (χ4v) is 5.43. The molecule has 2 atom stereocenters. The zero-order valence-corrected chi connectivity index (χ0v) is 20.5. The van der Waals surface area contributed by atoms with E-state index in [2.05, 4.69) is 12.2 Å². The number of ether oxygens (including phenoxy) is 4. The van der Waals surface area contributed by atoms with E-state index in [4.69, 9.17) is 18.9 Å². The van der Waals surface area contributed by atoms with Crippen LogP contribution in [0.15, 0.2) is 59.7 Å². The number of carbonyl (C=O) groups excluding carboxylic acids is 1. The second kappa shape index (κ2) is 8.10. The van der Waals surface area contributed by atoms with Gasteiger partial charge in [-0.3, -0.25) is 4.79 Å². The van der Waals surface area contributed by atoms with Gasteiger partial charge in [0.15, 0.2) is 17.7 Å². The molecule has 3 aliphatic rings. The SMILES string of the molecule is COc1ccc(/C=C2\CCC/C(=C\c3ccc(OC)cc3)C23O[C@]2(C)O[C@H]3C(=O)C2(C)C)cc1. The van der Waals surface area contributed by atoms with Crippen LogP contribution < -0.4 is 9.47 Å². The largest absolute Gasteiger partial charge is 0.497 e. The Morgan fingerprint density at radius 2 is 1.29 bits per heavy atom. The number of fused-ring (bicyclic) bond motifs is 3. The Labute approximate surface area is 201 Å². The summed E-state index contributed by atoms with van der Waals surface area (Å²) in [6, 6.07) is 15.9. The Bertz CT molecular complexity index is 1090. The summed E-state index contributed by atoms with van der Waals surface area (Å²) in [7, 11) is 3.32. The van der Waals surface area contributed by atoms with Crippen molar-refractivity contribution < 1.29 is 23.7 Å². The van der Waals surface area contributed by atoms with E-state index in [1.165, 1.54) is 0 Å². The third-order valence-electron chi connectivity index (χ3n) is 7.82. The maximum absolute atomic E-state index is 13.6. The maximum atomic E-state index is 13.6. The molecule has 34 heavy (non-hydrogen) atoms. The van der Waals surface area contributed by atoms with Crippen molar-refractivity contribution in [2.75, 3.05) is 14.2 Å². The lowest BCUT2D eigenvalue weighted by Gasteiger charge is -2.47. The van der Waals surface area contributed by atoms with Crippen molar-refractivity contribution in [3.8, 4) is 11.5 Å². The summed E-state index contributed by atoms with van der Waals surface area (Å²) in [5.41, 5.74) is 2.65. The first-order chi connectivity index (χ1) is 16.2. The molecule has 1 aliphatic carbocycles. The van der Waals surface area contributed by atoms with Crippen molar-refractivity contribution >= 4 is 17.9 Å². The summed E-state index contributed by atoms with van der Waals surface area (Å²) >= 11 is 0. The number of rotatable bonds is 4. The zero-order valence-electron chi connectivity index (χ0n) is 20.5. The van der Waals surface area contributed by atoms with Gasteiger partial charge in [0.1, 0.15) is 17.1 Å². The fraction of sp³-hybridized carbons (Fsp3) is 0.414. The van der Waals surface area contributed by atoms with Gasteiger partial charge in [-0.1, -0.05) is 36.4 Å². The van der Waals surface area contributed by atoms with E-state index in [1.807, 2.05) is 69.3 Å². The van der Waals surface area contributed by atoms with Gasteiger partial charge in [-0.15, -0.1) is 0 Å². The van der Waals surface area contributed by atoms with Crippen molar-refractivity contribution in [3.05, 3.63) is 70.8 Å². The highest BCUT2D eigenvalue weighted by Crippen LogP contribution is 2.62. The molecule has 2 heterocycles. The molecule has 178 valence electrons. The normalized spacial score (nSPS) is 29.2. The number of benzene rings is 2. The summed E-state index contributed by atoms with van der Waals surface area (Å²) in [5, 5.41) is 0. The molecule has 2 bridgehead atoms. The van der Waals surface area contributed by atoms with Crippen molar-refractivity contribution in [2.45, 2.75) is 57.5 Å². The molecule has 2 aliphatic heterocycles. The van der Waals surface area contributed by atoms with Crippen LogP contribution in [0.1, 0.15) is 51.2 Å². The van der Waals surface area contributed by atoms with Crippen LogP contribution in [0.25, 0.3) is 12.2 Å². The highest BCUT2D eigenvalue weighted by Gasteiger charge is 2.74. The molecule has 1 spiro atoms. The molecule has 3 fully saturated rings. The second-order valence-electron chi connectivity index (χ2n) is 10.0. The van der Waals surface area contributed by atoms with Gasteiger partial charge in [-0.05, 0) is 86.6 Å². The third-order valence-corrected chi connectivity index (χ3v) is 7.82. The van der Waals surface area contributed by atoms with Gasteiger partial charge in [-0.2, -0.15) is 0 Å². The molecule has 2 saturated heterocycles. The lowest BCUT2D eigenvalue weighted by molar-refractivity contribution is -0.210. The standard InChI is InChI=1S/C29H32O5/c1-27(2)25(30)26-29(34-28(27,3)33-26)21(17-19-9-13-23(31-4)14-10-19)7-6-8-22(29)18-20-11-15-24(32-5)16-12-20/h9-18,26H,6-8H2,1-5H3/b21-17+,22-18+/t26-,28-/m0/s1. The van der Waals surface area contributed by atoms with Crippen LogP contribution in [-0.4, -0.2) is 37.5 Å². The highest BCUT2D eigenvalue weighted by molar-refractivity contribution is 5.95. The van der Waals surface area contributed by atoms with Crippen LogP contribution in [0.5, 0.6) is 11.5 Å².